The second-order valence-corrected chi connectivity index (χ2v) is 10.7. The summed E-state index contributed by atoms with van der Waals surface area (Å²) in [5.41, 5.74) is 6.93. The fraction of sp³-hybridized carbons (Fsp3) is 0. The Morgan fingerprint density at radius 1 is 0.341 bits per heavy atom. The lowest BCUT2D eigenvalue weighted by atomic mass is 9.90. The van der Waals surface area contributed by atoms with E-state index in [1.54, 1.807) is 0 Å². The lowest BCUT2D eigenvalue weighted by molar-refractivity contribution is 1.07. The summed E-state index contributed by atoms with van der Waals surface area (Å²) in [6.45, 7) is 0. The van der Waals surface area contributed by atoms with Crippen LogP contribution in [0, 0.1) is 0 Å². The normalized spacial score (nSPS) is 11.2. The van der Waals surface area contributed by atoms with Gasteiger partial charge in [-0.15, -0.1) is 0 Å². The molecule has 2 heterocycles. The van der Waals surface area contributed by atoms with E-state index in [1.165, 1.54) is 27.1 Å². The van der Waals surface area contributed by atoms with Gasteiger partial charge in [0, 0.05) is 28.5 Å². The van der Waals surface area contributed by atoms with E-state index in [4.69, 9.17) is 19.9 Å². The SMILES string of the molecule is c1ccc(-c2nc(-c3ccccc3)nc(-c3cc(-c4ccccn4)cc(-c4c5ccccc5cc5ccccc45)c3)n2)cc1. The lowest BCUT2D eigenvalue weighted by Gasteiger charge is -2.15. The van der Waals surface area contributed by atoms with Crippen molar-refractivity contribution < 1.29 is 0 Å². The molecule has 0 amide bonds. The fourth-order valence-corrected chi connectivity index (χ4v) is 5.84. The average molecular weight is 563 g/mol. The Balaban J connectivity index is 1.43. The summed E-state index contributed by atoms with van der Waals surface area (Å²) in [6.07, 6.45) is 1.83. The van der Waals surface area contributed by atoms with Gasteiger partial charge in [-0.2, -0.15) is 0 Å². The molecule has 0 aliphatic carbocycles. The minimum Gasteiger partial charge on any atom is -0.256 e. The Morgan fingerprint density at radius 3 is 1.39 bits per heavy atom. The number of benzene rings is 6. The maximum atomic E-state index is 5.05. The van der Waals surface area contributed by atoms with Crippen LogP contribution in [0.4, 0.5) is 0 Å². The van der Waals surface area contributed by atoms with Crippen LogP contribution >= 0.6 is 0 Å². The molecule has 206 valence electrons. The number of aromatic nitrogens is 4. The van der Waals surface area contributed by atoms with Crippen molar-refractivity contribution in [3.63, 3.8) is 0 Å². The van der Waals surface area contributed by atoms with Crippen molar-refractivity contribution in [1.29, 1.82) is 0 Å². The molecular weight excluding hydrogens is 536 g/mol. The van der Waals surface area contributed by atoms with Crippen LogP contribution in [-0.4, -0.2) is 19.9 Å². The monoisotopic (exact) mass is 562 g/mol. The third-order valence-corrected chi connectivity index (χ3v) is 7.91. The second kappa shape index (κ2) is 11.0. The number of pyridine rings is 1. The minimum atomic E-state index is 0.612. The molecule has 44 heavy (non-hydrogen) atoms. The van der Waals surface area contributed by atoms with Gasteiger partial charge in [0.05, 0.1) is 5.69 Å². The summed E-state index contributed by atoms with van der Waals surface area (Å²) in [5.74, 6) is 1.88. The third-order valence-electron chi connectivity index (χ3n) is 7.91. The van der Waals surface area contributed by atoms with E-state index >= 15 is 0 Å². The van der Waals surface area contributed by atoms with Crippen LogP contribution in [0.2, 0.25) is 0 Å². The number of nitrogens with zero attached hydrogens (tertiary/aromatic N) is 4. The van der Waals surface area contributed by atoms with Gasteiger partial charge in [-0.3, -0.25) is 4.98 Å². The zero-order chi connectivity index (χ0) is 29.3. The zero-order valence-electron chi connectivity index (χ0n) is 23.8. The first kappa shape index (κ1) is 25.7. The molecule has 0 saturated carbocycles. The first-order valence-electron chi connectivity index (χ1n) is 14.6. The van der Waals surface area contributed by atoms with E-state index in [0.29, 0.717) is 17.5 Å². The highest BCUT2D eigenvalue weighted by atomic mass is 15.0. The Kier molecular flexibility index (Phi) is 6.43. The molecule has 8 aromatic rings. The smallest absolute Gasteiger partial charge is 0.164 e. The lowest BCUT2D eigenvalue weighted by Crippen LogP contribution is -2.00. The Labute approximate surface area is 255 Å². The molecule has 0 N–H and O–H groups in total. The van der Waals surface area contributed by atoms with Crippen molar-refractivity contribution in [3.8, 4) is 56.5 Å². The van der Waals surface area contributed by atoms with E-state index in [9.17, 15) is 0 Å². The van der Waals surface area contributed by atoms with E-state index in [0.717, 1.165) is 33.5 Å². The Hall–Kier alpha value is -6.00. The highest BCUT2D eigenvalue weighted by Crippen LogP contribution is 2.40. The highest BCUT2D eigenvalue weighted by Gasteiger charge is 2.17. The third kappa shape index (κ3) is 4.79. The molecule has 0 aliphatic heterocycles. The largest absolute Gasteiger partial charge is 0.256 e. The molecule has 6 aromatic carbocycles. The molecule has 0 aliphatic rings. The van der Waals surface area contributed by atoms with Crippen LogP contribution in [0.25, 0.3) is 78.1 Å². The van der Waals surface area contributed by atoms with Gasteiger partial charge in [-0.05, 0) is 69.1 Å². The summed E-state index contributed by atoms with van der Waals surface area (Å²) in [7, 11) is 0. The topological polar surface area (TPSA) is 51.6 Å². The highest BCUT2D eigenvalue weighted by molar-refractivity contribution is 6.13. The van der Waals surface area contributed by atoms with Crippen LogP contribution in [0.5, 0.6) is 0 Å². The maximum Gasteiger partial charge on any atom is 0.164 e. The summed E-state index contributed by atoms with van der Waals surface area (Å²) >= 11 is 0. The minimum absolute atomic E-state index is 0.612. The van der Waals surface area contributed by atoms with Crippen molar-refractivity contribution in [1.82, 2.24) is 19.9 Å². The standard InChI is InChI=1S/C40H26N4/c1-3-13-27(14-4-1)38-42-39(28-15-5-2-6-16-28)44-40(43-38)33-25-31(36-21-11-12-22-41-36)24-32(26-33)37-34-19-9-7-17-29(34)23-30-18-8-10-20-35(30)37/h1-26H. The van der Waals surface area contributed by atoms with Gasteiger partial charge in [0.25, 0.3) is 0 Å². The van der Waals surface area contributed by atoms with E-state index in [2.05, 4.69) is 72.8 Å². The average Bonchev–Trinajstić information content (AvgIpc) is 3.11. The summed E-state index contributed by atoms with van der Waals surface area (Å²) in [5, 5.41) is 4.79. The molecule has 8 rings (SSSR count). The van der Waals surface area contributed by atoms with Crippen LogP contribution in [-0.2, 0) is 0 Å². The van der Waals surface area contributed by atoms with Crippen LogP contribution < -0.4 is 0 Å². The molecule has 0 unspecified atom stereocenters. The van der Waals surface area contributed by atoms with E-state index < -0.39 is 0 Å². The molecule has 0 fully saturated rings. The van der Waals surface area contributed by atoms with Crippen molar-refractivity contribution in [2.45, 2.75) is 0 Å². The van der Waals surface area contributed by atoms with Crippen molar-refractivity contribution in [2.24, 2.45) is 0 Å². The van der Waals surface area contributed by atoms with Crippen LogP contribution in [0.15, 0.2) is 158 Å². The first-order chi connectivity index (χ1) is 21.8. The van der Waals surface area contributed by atoms with Crippen molar-refractivity contribution in [2.75, 3.05) is 0 Å². The van der Waals surface area contributed by atoms with Crippen LogP contribution in [0.3, 0.4) is 0 Å². The zero-order valence-corrected chi connectivity index (χ0v) is 23.8. The van der Waals surface area contributed by atoms with Gasteiger partial charge in [0.15, 0.2) is 17.5 Å². The Bertz CT molecular complexity index is 2150. The molecule has 4 heteroatoms. The van der Waals surface area contributed by atoms with Gasteiger partial charge in [0.2, 0.25) is 0 Å². The molecule has 0 spiro atoms. The number of rotatable bonds is 5. The predicted molar refractivity (Wildman–Crippen MR) is 180 cm³/mol. The summed E-state index contributed by atoms with van der Waals surface area (Å²) in [6, 6.07) is 52.2. The fourth-order valence-electron chi connectivity index (χ4n) is 5.84. The summed E-state index contributed by atoms with van der Waals surface area (Å²) in [4.78, 5) is 19.7. The predicted octanol–water partition coefficient (Wildman–Crippen LogP) is 9.91. The van der Waals surface area contributed by atoms with Gasteiger partial charge in [0.1, 0.15) is 0 Å². The molecule has 2 aromatic heterocycles. The van der Waals surface area contributed by atoms with Crippen molar-refractivity contribution >= 4 is 21.5 Å². The number of hydrogen-bond acceptors (Lipinski definition) is 4. The molecule has 0 atom stereocenters. The second-order valence-electron chi connectivity index (χ2n) is 10.7. The van der Waals surface area contributed by atoms with Gasteiger partial charge in [-0.1, -0.05) is 115 Å². The number of hydrogen-bond donors (Lipinski definition) is 0. The van der Waals surface area contributed by atoms with E-state index in [1.807, 2.05) is 85.1 Å². The maximum absolute atomic E-state index is 5.05. The van der Waals surface area contributed by atoms with Gasteiger partial charge >= 0.3 is 0 Å². The van der Waals surface area contributed by atoms with E-state index in [-0.39, 0.29) is 0 Å². The van der Waals surface area contributed by atoms with Gasteiger partial charge in [-0.25, -0.2) is 15.0 Å². The molecular formula is C40H26N4. The molecule has 0 bridgehead atoms. The number of fused-ring (bicyclic) bond motifs is 2. The molecule has 0 saturated heterocycles. The van der Waals surface area contributed by atoms with Gasteiger partial charge < -0.3 is 0 Å². The summed E-state index contributed by atoms with van der Waals surface area (Å²) < 4.78 is 0. The molecule has 0 radical (unpaired) electrons. The quantitative estimate of drug-likeness (QED) is 0.196. The van der Waals surface area contributed by atoms with Crippen molar-refractivity contribution in [3.05, 3.63) is 158 Å². The first-order valence-corrected chi connectivity index (χ1v) is 14.6. The Morgan fingerprint density at radius 2 is 0.818 bits per heavy atom. The van der Waals surface area contributed by atoms with Crippen LogP contribution in [0.1, 0.15) is 0 Å². The molecule has 4 nitrogen and oxygen atoms in total.